The number of hydrogen-bond donors (Lipinski definition) is 1. The van der Waals surface area contributed by atoms with Gasteiger partial charge >= 0.3 is 0 Å². The normalized spacial score (nSPS) is 22.3. The van der Waals surface area contributed by atoms with E-state index in [-0.39, 0.29) is 11.0 Å². The van der Waals surface area contributed by atoms with Crippen LogP contribution in [-0.2, 0) is 6.42 Å². The second-order valence-corrected chi connectivity index (χ2v) is 8.97. The lowest BCUT2D eigenvalue weighted by molar-refractivity contribution is 0.183. The van der Waals surface area contributed by atoms with Gasteiger partial charge in [-0.1, -0.05) is 20.8 Å². The van der Waals surface area contributed by atoms with Crippen molar-refractivity contribution in [2.24, 2.45) is 11.3 Å². The lowest BCUT2D eigenvalue weighted by Crippen LogP contribution is -2.50. The van der Waals surface area contributed by atoms with Gasteiger partial charge < -0.3 is 10.1 Å². The van der Waals surface area contributed by atoms with E-state index in [1.54, 1.807) is 0 Å². The van der Waals surface area contributed by atoms with E-state index in [0.717, 1.165) is 24.7 Å². The molecule has 3 nitrogen and oxygen atoms in total. The largest absolute Gasteiger partial charge is 0.491 e. The van der Waals surface area contributed by atoms with Crippen molar-refractivity contribution in [1.29, 1.82) is 0 Å². The minimum Gasteiger partial charge on any atom is -0.491 e. The highest BCUT2D eigenvalue weighted by atomic mass is 16.5. The molecule has 124 valence electrons. The maximum absolute atomic E-state index is 5.77. The second kappa shape index (κ2) is 6.57. The molecule has 0 unspecified atom stereocenters. The molecule has 0 atom stereocenters. The maximum Gasteiger partial charge on any atom is 0.137 e. The fourth-order valence-electron chi connectivity index (χ4n) is 2.85. The number of pyridine rings is 1. The van der Waals surface area contributed by atoms with Gasteiger partial charge in [-0.25, -0.2) is 0 Å². The third-order valence-electron chi connectivity index (χ3n) is 3.84. The first-order valence-electron chi connectivity index (χ1n) is 8.46. The fourth-order valence-corrected chi connectivity index (χ4v) is 2.85. The van der Waals surface area contributed by atoms with Crippen LogP contribution < -0.4 is 10.1 Å². The second-order valence-electron chi connectivity index (χ2n) is 8.97. The zero-order valence-electron chi connectivity index (χ0n) is 15.1. The van der Waals surface area contributed by atoms with E-state index >= 15 is 0 Å². The van der Waals surface area contributed by atoms with Crippen molar-refractivity contribution in [2.45, 2.75) is 72.4 Å². The highest BCUT2D eigenvalue weighted by Gasteiger charge is 2.31. The van der Waals surface area contributed by atoms with Crippen LogP contribution in [-0.4, -0.2) is 23.2 Å². The van der Waals surface area contributed by atoms with Gasteiger partial charge in [-0.05, 0) is 63.5 Å². The molecule has 1 aliphatic carbocycles. The van der Waals surface area contributed by atoms with Crippen molar-refractivity contribution in [2.75, 3.05) is 6.61 Å². The lowest BCUT2D eigenvalue weighted by atomic mass is 9.76. The van der Waals surface area contributed by atoms with Crippen molar-refractivity contribution in [3.8, 4) is 5.75 Å². The van der Waals surface area contributed by atoms with Crippen molar-refractivity contribution in [1.82, 2.24) is 10.3 Å². The van der Waals surface area contributed by atoms with E-state index in [1.807, 2.05) is 6.20 Å². The van der Waals surface area contributed by atoms with Crippen molar-refractivity contribution in [3.05, 3.63) is 24.0 Å². The van der Waals surface area contributed by atoms with E-state index in [0.29, 0.717) is 6.04 Å². The zero-order chi connectivity index (χ0) is 16.4. The van der Waals surface area contributed by atoms with Gasteiger partial charge in [0.05, 0.1) is 12.8 Å². The van der Waals surface area contributed by atoms with Crippen LogP contribution in [0.15, 0.2) is 18.3 Å². The summed E-state index contributed by atoms with van der Waals surface area (Å²) in [5.41, 5.74) is 1.59. The molecular weight excluding hydrogens is 272 g/mol. The lowest BCUT2D eigenvalue weighted by Gasteiger charge is -2.40. The van der Waals surface area contributed by atoms with Crippen molar-refractivity contribution < 1.29 is 4.74 Å². The molecule has 0 radical (unpaired) electrons. The van der Waals surface area contributed by atoms with E-state index in [4.69, 9.17) is 4.74 Å². The van der Waals surface area contributed by atoms with E-state index in [2.05, 4.69) is 64.0 Å². The number of hydrogen-bond acceptors (Lipinski definition) is 3. The number of nitrogens with one attached hydrogen (secondary N) is 1. The number of ether oxygens (including phenoxy) is 1. The van der Waals surface area contributed by atoms with Crippen molar-refractivity contribution >= 4 is 0 Å². The number of nitrogens with zero attached hydrogens (tertiary/aromatic N) is 1. The molecule has 1 aromatic rings. The van der Waals surface area contributed by atoms with Crippen LogP contribution in [0.3, 0.4) is 0 Å². The Balaban J connectivity index is 1.74. The third-order valence-corrected chi connectivity index (χ3v) is 3.84. The van der Waals surface area contributed by atoms with Gasteiger partial charge in [0.15, 0.2) is 0 Å². The van der Waals surface area contributed by atoms with Crippen LogP contribution in [0.5, 0.6) is 5.75 Å². The molecule has 1 fully saturated rings. The molecule has 1 saturated carbocycles. The highest BCUT2D eigenvalue weighted by molar-refractivity contribution is 5.20. The first-order valence-corrected chi connectivity index (χ1v) is 8.46. The van der Waals surface area contributed by atoms with Crippen LogP contribution in [0, 0.1) is 11.3 Å². The summed E-state index contributed by atoms with van der Waals surface area (Å²) in [6, 6.07) is 4.85. The van der Waals surface area contributed by atoms with Gasteiger partial charge in [0.1, 0.15) is 5.75 Å². The molecule has 1 aromatic heterocycles. The zero-order valence-corrected chi connectivity index (χ0v) is 15.1. The smallest absolute Gasteiger partial charge is 0.137 e. The minimum atomic E-state index is 0.180. The summed E-state index contributed by atoms with van der Waals surface area (Å²) >= 11 is 0. The average molecular weight is 304 g/mol. The standard InChI is InChI=1S/C19H32N2O/c1-18(2,3)13-22-17-8-7-15(20-12-17)9-14-10-16(11-14)21-19(4,5)6/h7-8,12,14,16,21H,9-11,13H2,1-6H3. The van der Waals surface area contributed by atoms with Gasteiger partial charge in [0.25, 0.3) is 0 Å². The SMILES string of the molecule is CC(C)(C)COc1ccc(CC2CC(NC(C)(C)C)C2)nc1. The predicted octanol–water partition coefficient (Wildman–Crippen LogP) is 4.22. The Labute approximate surface area is 135 Å². The van der Waals surface area contributed by atoms with Crippen LogP contribution in [0.25, 0.3) is 0 Å². The average Bonchev–Trinajstić information content (AvgIpc) is 2.33. The van der Waals surface area contributed by atoms with Gasteiger partial charge in [-0.3, -0.25) is 4.98 Å². The van der Waals surface area contributed by atoms with Crippen molar-refractivity contribution in [3.63, 3.8) is 0 Å². The Morgan fingerprint density at radius 2 is 1.82 bits per heavy atom. The Hall–Kier alpha value is -1.09. The van der Waals surface area contributed by atoms with Gasteiger partial charge in [-0.2, -0.15) is 0 Å². The summed E-state index contributed by atoms with van der Waals surface area (Å²) in [6.07, 6.45) is 5.48. The Kier molecular flexibility index (Phi) is 5.16. The summed E-state index contributed by atoms with van der Waals surface area (Å²) < 4.78 is 5.77. The van der Waals surface area contributed by atoms with E-state index in [1.165, 1.54) is 18.5 Å². The molecule has 0 spiro atoms. The topological polar surface area (TPSA) is 34.1 Å². The molecular formula is C19H32N2O. The van der Waals surface area contributed by atoms with Gasteiger partial charge in [-0.15, -0.1) is 0 Å². The summed E-state index contributed by atoms with van der Waals surface area (Å²) in [6.45, 7) is 13.9. The molecule has 0 aromatic carbocycles. The van der Waals surface area contributed by atoms with Crippen LogP contribution in [0.4, 0.5) is 0 Å². The summed E-state index contributed by atoms with van der Waals surface area (Å²) in [4.78, 5) is 4.56. The molecule has 1 heterocycles. The summed E-state index contributed by atoms with van der Waals surface area (Å²) in [5, 5.41) is 3.67. The summed E-state index contributed by atoms with van der Waals surface area (Å²) in [5.74, 6) is 1.65. The monoisotopic (exact) mass is 304 g/mol. The van der Waals surface area contributed by atoms with Crippen LogP contribution >= 0.6 is 0 Å². The summed E-state index contributed by atoms with van der Waals surface area (Å²) in [7, 11) is 0. The molecule has 22 heavy (non-hydrogen) atoms. The molecule has 2 rings (SSSR count). The molecule has 0 bridgehead atoms. The van der Waals surface area contributed by atoms with Gasteiger partial charge in [0.2, 0.25) is 0 Å². The van der Waals surface area contributed by atoms with E-state index < -0.39 is 0 Å². The predicted molar refractivity (Wildman–Crippen MR) is 92.3 cm³/mol. The molecule has 0 aliphatic heterocycles. The first kappa shape index (κ1) is 17.3. The first-order chi connectivity index (χ1) is 10.1. The Bertz CT molecular complexity index is 462. The molecule has 3 heteroatoms. The molecule has 1 N–H and O–H groups in total. The molecule has 0 saturated heterocycles. The number of rotatable bonds is 5. The Morgan fingerprint density at radius 3 is 2.32 bits per heavy atom. The third kappa shape index (κ3) is 5.96. The number of aromatic nitrogens is 1. The fraction of sp³-hybridized carbons (Fsp3) is 0.737. The van der Waals surface area contributed by atoms with Crippen LogP contribution in [0.1, 0.15) is 60.1 Å². The quantitative estimate of drug-likeness (QED) is 0.884. The van der Waals surface area contributed by atoms with E-state index in [9.17, 15) is 0 Å². The van der Waals surface area contributed by atoms with Crippen LogP contribution in [0.2, 0.25) is 0 Å². The maximum atomic E-state index is 5.77. The highest BCUT2D eigenvalue weighted by Crippen LogP contribution is 2.31. The Morgan fingerprint density at radius 1 is 1.14 bits per heavy atom. The van der Waals surface area contributed by atoms with Gasteiger partial charge in [0, 0.05) is 17.3 Å². The molecule has 1 aliphatic rings. The molecule has 0 amide bonds. The minimum absolute atomic E-state index is 0.180.